The van der Waals surface area contributed by atoms with Gasteiger partial charge in [-0.25, -0.2) is 4.79 Å². The Hall–Kier alpha value is -2.86. The van der Waals surface area contributed by atoms with Crippen molar-refractivity contribution in [2.45, 2.75) is 31.8 Å². The Morgan fingerprint density at radius 1 is 1.25 bits per heavy atom. The van der Waals surface area contributed by atoms with E-state index in [0.29, 0.717) is 26.3 Å². The molecule has 1 aliphatic rings. The second kappa shape index (κ2) is 7.64. The number of nitrogens with one attached hydrogen (secondary N) is 1. The molecule has 0 aliphatic carbocycles. The fraction of sp³-hybridized carbons (Fsp3) is 0.364. The molecular weight excluding hydrogens is 354 g/mol. The fourth-order valence-electron chi connectivity index (χ4n) is 4.20. The third-order valence-electron chi connectivity index (χ3n) is 5.79. The molecule has 6 heteroatoms. The van der Waals surface area contributed by atoms with E-state index in [-0.39, 0.29) is 5.41 Å². The first-order valence-electron chi connectivity index (χ1n) is 9.61. The Balaban J connectivity index is 1.52. The number of hydrogen-bond donors (Lipinski definition) is 2. The van der Waals surface area contributed by atoms with E-state index < -0.39 is 6.09 Å². The molecule has 28 heavy (non-hydrogen) atoms. The third kappa shape index (κ3) is 3.60. The number of hydrogen-bond acceptors (Lipinski definition) is 3. The van der Waals surface area contributed by atoms with Crippen molar-refractivity contribution in [1.82, 2.24) is 15.1 Å². The van der Waals surface area contributed by atoms with Crippen LogP contribution in [0.3, 0.4) is 0 Å². The summed E-state index contributed by atoms with van der Waals surface area (Å²) in [6.07, 6.45) is 2.51. The molecule has 146 valence electrons. The Morgan fingerprint density at radius 3 is 2.71 bits per heavy atom. The molecule has 3 aromatic rings. The first-order chi connectivity index (χ1) is 13.6. The van der Waals surface area contributed by atoms with Crippen molar-refractivity contribution in [1.29, 1.82) is 0 Å². The number of amides is 1. The molecule has 0 atom stereocenters. The van der Waals surface area contributed by atoms with E-state index in [1.165, 1.54) is 16.0 Å². The van der Waals surface area contributed by atoms with Gasteiger partial charge in [-0.1, -0.05) is 36.4 Å². The molecule has 1 aliphatic heterocycles. The summed E-state index contributed by atoms with van der Waals surface area (Å²) in [6, 6.07) is 14.6. The van der Waals surface area contributed by atoms with Crippen molar-refractivity contribution in [3.63, 3.8) is 0 Å². The maximum atomic E-state index is 11.3. The van der Waals surface area contributed by atoms with Crippen molar-refractivity contribution in [2.24, 2.45) is 0 Å². The largest absolute Gasteiger partial charge is 0.465 e. The lowest BCUT2D eigenvalue weighted by atomic mass is 9.73. The van der Waals surface area contributed by atoms with Crippen molar-refractivity contribution in [2.75, 3.05) is 19.7 Å². The highest BCUT2D eigenvalue weighted by Gasteiger charge is 2.37. The van der Waals surface area contributed by atoms with E-state index in [1.54, 1.807) is 0 Å². The Morgan fingerprint density at radius 2 is 2.00 bits per heavy atom. The molecule has 6 nitrogen and oxygen atoms in total. The fourth-order valence-corrected chi connectivity index (χ4v) is 4.20. The summed E-state index contributed by atoms with van der Waals surface area (Å²) in [4.78, 5) is 12.8. The molecule has 0 unspecified atom stereocenters. The van der Waals surface area contributed by atoms with Crippen LogP contribution >= 0.6 is 0 Å². The van der Waals surface area contributed by atoms with Crippen LogP contribution in [0.5, 0.6) is 0 Å². The minimum absolute atomic E-state index is 0.163. The summed E-state index contributed by atoms with van der Waals surface area (Å²) in [5.74, 6) is 0. The molecule has 0 radical (unpaired) electrons. The molecule has 4 rings (SSSR count). The summed E-state index contributed by atoms with van der Waals surface area (Å²) in [6.45, 7) is 4.19. The van der Waals surface area contributed by atoms with Crippen LogP contribution in [0.2, 0.25) is 0 Å². The minimum Gasteiger partial charge on any atom is -0.465 e. The van der Waals surface area contributed by atoms with Crippen LogP contribution in [0, 0.1) is 6.92 Å². The number of aryl methyl sites for hydroxylation is 1. The van der Waals surface area contributed by atoms with Crippen LogP contribution in [0.4, 0.5) is 4.79 Å². The second-order valence-electron chi connectivity index (χ2n) is 7.67. The smallest absolute Gasteiger partial charge is 0.407 e. The SMILES string of the molecule is Cc1cc(COCC2(c3ccccc3)CCN(C(=O)O)CC2)c2[nH]ncc2c1. The van der Waals surface area contributed by atoms with Gasteiger partial charge in [-0.3, -0.25) is 5.10 Å². The van der Waals surface area contributed by atoms with Crippen molar-refractivity contribution >= 4 is 17.0 Å². The average Bonchev–Trinajstić information content (AvgIpc) is 3.17. The Labute approximate surface area is 164 Å². The molecule has 2 aromatic carbocycles. The molecule has 1 saturated heterocycles. The maximum Gasteiger partial charge on any atom is 0.407 e. The predicted octanol–water partition coefficient (Wildman–Crippen LogP) is 4.10. The van der Waals surface area contributed by atoms with Crippen LogP contribution in [-0.4, -0.2) is 46.0 Å². The van der Waals surface area contributed by atoms with Crippen LogP contribution in [0.25, 0.3) is 10.9 Å². The van der Waals surface area contributed by atoms with Crippen LogP contribution in [0.15, 0.2) is 48.7 Å². The van der Waals surface area contributed by atoms with Gasteiger partial charge in [0.25, 0.3) is 0 Å². The van der Waals surface area contributed by atoms with E-state index in [1.807, 2.05) is 24.4 Å². The van der Waals surface area contributed by atoms with Gasteiger partial charge in [0.15, 0.2) is 0 Å². The van der Waals surface area contributed by atoms with Gasteiger partial charge in [0.1, 0.15) is 0 Å². The van der Waals surface area contributed by atoms with E-state index in [2.05, 4.69) is 41.4 Å². The maximum absolute atomic E-state index is 11.3. The molecule has 2 heterocycles. The van der Waals surface area contributed by atoms with Crippen molar-refractivity contribution < 1.29 is 14.6 Å². The number of ether oxygens (including phenoxy) is 1. The van der Waals surface area contributed by atoms with E-state index in [9.17, 15) is 9.90 Å². The topological polar surface area (TPSA) is 78.5 Å². The first kappa shape index (κ1) is 18.5. The predicted molar refractivity (Wildman–Crippen MR) is 107 cm³/mol. The number of piperidine rings is 1. The lowest BCUT2D eigenvalue weighted by Gasteiger charge is -2.41. The Bertz CT molecular complexity index is 960. The van der Waals surface area contributed by atoms with Crippen LogP contribution < -0.4 is 0 Å². The monoisotopic (exact) mass is 379 g/mol. The number of likely N-dealkylation sites (tertiary alicyclic amines) is 1. The number of aromatic amines is 1. The van der Waals surface area contributed by atoms with Crippen LogP contribution in [0.1, 0.15) is 29.5 Å². The molecule has 0 bridgehead atoms. The quantitative estimate of drug-likeness (QED) is 0.700. The van der Waals surface area contributed by atoms with Crippen molar-refractivity contribution in [3.05, 3.63) is 65.4 Å². The molecule has 1 aromatic heterocycles. The number of carboxylic acid groups (broad SMARTS) is 1. The zero-order valence-corrected chi connectivity index (χ0v) is 16.0. The molecule has 2 N–H and O–H groups in total. The number of benzene rings is 2. The summed E-state index contributed by atoms with van der Waals surface area (Å²) >= 11 is 0. The van der Waals surface area contributed by atoms with Crippen LogP contribution in [-0.2, 0) is 16.8 Å². The highest BCUT2D eigenvalue weighted by atomic mass is 16.5. The van der Waals surface area contributed by atoms with E-state index >= 15 is 0 Å². The number of rotatable bonds is 5. The summed E-state index contributed by atoms with van der Waals surface area (Å²) in [5.41, 5.74) is 4.35. The summed E-state index contributed by atoms with van der Waals surface area (Å²) in [5, 5.41) is 17.6. The lowest BCUT2D eigenvalue weighted by Crippen LogP contribution is -2.47. The number of H-pyrrole nitrogens is 1. The lowest BCUT2D eigenvalue weighted by molar-refractivity contribution is 0.0372. The highest BCUT2D eigenvalue weighted by Crippen LogP contribution is 2.36. The summed E-state index contributed by atoms with van der Waals surface area (Å²) in [7, 11) is 0. The van der Waals surface area contributed by atoms with Gasteiger partial charge >= 0.3 is 6.09 Å². The van der Waals surface area contributed by atoms with Gasteiger partial charge in [0, 0.05) is 29.5 Å². The Kier molecular flexibility index (Phi) is 5.05. The summed E-state index contributed by atoms with van der Waals surface area (Å²) < 4.78 is 6.23. The first-order valence-corrected chi connectivity index (χ1v) is 9.61. The molecule has 0 spiro atoms. The van der Waals surface area contributed by atoms with E-state index in [4.69, 9.17) is 4.74 Å². The van der Waals surface area contributed by atoms with Gasteiger partial charge < -0.3 is 14.7 Å². The average molecular weight is 379 g/mol. The van der Waals surface area contributed by atoms with Gasteiger partial charge in [-0.2, -0.15) is 5.10 Å². The molecule has 1 fully saturated rings. The van der Waals surface area contributed by atoms with Gasteiger partial charge in [0.2, 0.25) is 0 Å². The zero-order valence-electron chi connectivity index (χ0n) is 16.0. The van der Waals surface area contributed by atoms with Gasteiger partial charge in [0.05, 0.1) is 24.9 Å². The molecule has 0 saturated carbocycles. The number of carbonyl (C=O) groups is 1. The van der Waals surface area contributed by atoms with Crippen molar-refractivity contribution in [3.8, 4) is 0 Å². The zero-order chi connectivity index (χ0) is 19.6. The number of fused-ring (bicyclic) bond motifs is 1. The number of aromatic nitrogens is 2. The molecule has 1 amide bonds. The standard InChI is InChI=1S/C22H25N3O3/c1-16-11-17-13-23-24-20(17)18(12-16)14-28-15-22(19-5-3-2-4-6-19)7-9-25(10-8-22)21(26)27/h2-6,11-13H,7-10,14-15H2,1H3,(H,23,24)(H,26,27). The van der Waals surface area contributed by atoms with Gasteiger partial charge in [-0.15, -0.1) is 0 Å². The number of nitrogens with zero attached hydrogens (tertiary/aromatic N) is 2. The normalized spacial score (nSPS) is 16.4. The highest BCUT2D eigenvalue weighted by molar-refractivity contribution is 5.82. The second-order valence-corrected chi connectivity index (χ2v) is 7.67. The minimum atomic E-state index is -0.844. The van der Waals surface area contributed by atoms with Gasteiger partial charge in [-0.05, 0) is 37.0 Å². The molecular formula is C22H25N3O3. The third-order valence-corrected chi connectivity index (χ3v) is 5.79. The van der Waals surface area contributed by atoms with E-state index in [0.717, 1.165) is 29.3 Å².